The van der Waals surface area contributed by atoms with Crippen molar-refractivity contribution in [2.24, 2.45) is 0 Å². The van der Waals surface area contributed by atoms with E-state index in [-0.39, 0.29) is 25.1 Å². The number of benzene rings is 1. The molecule has 1 aromatic carbocycles. The average molecular weight is 453 g/mol. The fraction of sp³-hybridized carbons (Fsp3) is 0.286. The van der Waals surface area contributed by atoms with Gasteiger partial charge in [-0.05, 0) is 36.1 Å². The molecule has 3 heterocycles. The Balaban J connectivity index is 1.56. The van der Waals surface area contributed by atoms with Gasteiger partial charge in [0, 0.05) is 22.9 Å². The molecule has 2 aliphatic rings. The van der Waals surface area contributed by atoms with Gasteiger partial charge in [-0.1, -0.05) is 27.9 Å². The highest BCUT2D eigenvalue weighted by molar-refractivity contribution is 9.10. The molecule has 0 amide bonds. The fourth-order valence-corrected chi connectivity index (χ4v) is 4.58. The lowest BCUT2D eigenvalue weighted by atomic mass is 9.98. The summed E-state index contributed by atoms with van der Waals surface area (Å²) in [4.78, 5) is 14.8. The van der Waals surface area contributed by atoms with Crippen LogP contribution in [0.1, 0.15) is 17.2 Å². The molecule has 2 N–H and O–H groups in total. The first-order valence-electron chi connectivity index (χ1n) is 9.30. The van der Waals surface area contributed by atoms with Crippen LogP contribution in [0, 0.1) is 12.3 Å². The van der Waals surface area contributed by atoms with Gasteiger partial charge in [0.25, 0.3) is 0 Å². The van der Waals surface area contributed by atoms with Crippen LogP contribution < -0.4 is 10.6 Å². The van der Waals surface area contributed by atoms with Crippen LogP contribution in [-0.4, -0.2) is 38.3 Å². The van der Waals surface area contributed by atoms with Gasteiger partial charge in [0.2, 0.25) is 11.6 Å². The molecule has 29 heavy (non-hydrogen) atoms. The van der Waals surface area contributed by atoms with Crippen LogP contribution in [0.2, 0.25) is 0 Å². The smallest absolute Gasteiger partial charge is 0.219 e. The number of imidazole rings is 1. The molecule has 0 bridgehead atoms. The lowest BCUT2D eigenvalue weighted by Crippen LogP contribution is -2.59. The Morgan fingerprint density at radius 1 is 1.14 bits per heavy atom. The highest BCUT2D eigenvalue weighted by atomic mass is 79.9. The van der Waals surface area contributed by atoms with E-state index in [1.165, 1.54) is 11.1 Å². The number of alkyl halides is 1. The standard InChI is InChI=1S/C21H18BrFN6/c1-2-21(23)11-28(12-21)18-10-25-19(15-8-26-20(24)27-9-15)29(18)17-6-13-3-4-16(22)5-14(13)7-17/h1,3-5,8-10,17H,6-7,11-12H2,(H2,24,26,27). The molecule has 8 heteroatoms. The molecular weight excluding hydrogens is 435 g/mol. The van der Waals surface area contributed by atoms with E-state index >= 15 is 0 Å². The van der Waals surface area contributed by atoms with Crippen molar-refractivity contribution < 1.29 is 4.39 Å². The molecule has 0 saturated carbocycles. The predicted octanol–water partition coefficient (Wildman–Crippen LogP) is 3.19. The highest BCUT2D eigenvalue weighted by Crippen LogP contribution is 2.40. The summed E-state index contributed by atoms with van der Waals surface area (Å²) < 4.78 is 17.6. The molecular formula is C21H18BrFN6. The lowest BCUT2D eigenvalue weighted by molar-refractivity contribution is 0.190. The summed E-state index contributed by atoms with van der Waals surface area (Å²) in [6, 6.07) is 6.53. The van der Waals surface area contributed by atoms with Crippen molar-refractivity contribution >= 4 is 27.7 Å². The molecule has 1 unspecified atom stereocenters. The maximum atomic E-state index is 14.4. The van der Waals surface area contributed by atoms with Gasteiger partial charge in [0.1, 0.15) is 11.6 Å². The third-order valence-corrected chi connectivity index (χ3v) is 6.11. The minimum absolute atomic E-state index is 0.157. The molecule has 1 aliphatic carbocycles. The summed E-state index contributed by atoms with van der Waals surface area (Å²) in [7, 11) is 0. The number of halogens is 2. The van der Waals surface area contributed by atoms with Crippen molar-refractivity contribution in [3.63, 3.8) is 0 Å². The van der Waals surface area contributed by atoms with Gasteiger partial charge < -0.3 is 15.2 Å². The van der Waals surface area contributed by atoms with Gasteiger partial charge in [-0.3, -0.25) is 0 Å². The van der Waals surface area contributed by atoms with Crippen molar-refractivity contribution in [2.45, 2.75) is 24.6 Å². The van der Waals surface area contributed by atoms with E-state index < -0.39 is 5.67 Å². The maximum Gasteiger partial charge on any atom is 0.219 e. The predicted molar refractivity (Wildman–Crippen MR) is 113 cm³/mol. The Labute approximate surface area is 176 Å². The second-order valence-electron chi connectivity index (χ2n) is 7.58. The number of nitrogens with two attached hydrogens (primary N) is 1. The summed E-state index contributed by atoms with van der Waals surface area (Å²) in [5, 5.41) is 0. The summed E-state index contributed by atoms with van der Waals surface area (Å²) in [6.07, 6.45) is 12.2. The van der Waals surface area contributed by atoms with Crippen molar-refractivity contribution in [3.8, 4) is 23.7 Å². The molecule has 6 nitrogen and oxygen atoms in total. The van der Waals surface area contributed by atoms with Gasteiger partial charge in [-0.15, -0.1) is 6.42 Å². The Morgan fingerprint density at radius 3 is 2.59 bits per heavy atom. The number of nitrogens with zero attached hydrogens (tertiary/aromatic N) is 5. The molecule has 146 valence electrons. The Bertz CT molecular complexity index is 1130. The highest BCUT2D eigenvalue weighted by Gasteiger charge is 2.44. The van der Waals surface area contributed by atoms with E-state index in [9.17, 15) is 4.39 Å². The molecule has 1 fully saturated rings. The minimum atomic E-state index is -1.58. The van der Waals surface area contributed by atoms with Gasteiger partial charge in [-0.2, -0.15) is 0 Å². The summed E-state index contributed by atoms with van der Waals surface area (Å²) >= 11 is 3.55. The minimum Gasteiger partial charge on any atom is -0.368 e. The van der Waals surface area contributed by atoms with Crippen LogP contribution in [0.25, 0.3) is 11.4 Å². The Hall–Kier alpha value is -2.92. The van der Waals surface area contributed by atoms with Gasteiger partial charge in [0.05, 0.1) is 24.8 Å². The maximum absolute atomic E-state index is 14.4. The summed E-state index contributed by atoms with van der Waals surface area (Å²) in [5.41, 5.74) is 7.44. The number of rotatable bonds is 3. The van der Waals surface area contributed by atoms with Crippen LogP contribution in [0.5, 0.6) is 0 Å². The summed E-state index contributed by atoms with van der Waals surface area (Å²) in [6.45, 7) is 0.330. The topological polar surface area (TPSA) is 72.9 Å². The van der Waals surface area contributed by atoms with Gasteiger partial charge in [-0.25, -0.2) is 19.3 Å². The van der Waals surface area contributed by atoms with Crippen LogP contribution >= 0.6 is 15.9 Å². The number of terminal acetylenes is 1. The van der Waals surface area contributed by atoms with Crippen molar-refractivity contribution in [2.75, 3.05) is 23.7 Å². The van der Waals surface area contributed by atoms with Gasteiger partial charge in [0.15, 0.2) is 0 Å². The SMILES string of the molecule is C#CC1(F)CN(c2cnc(-c3cnc(N)nc3)n2C2Cc3ccc(Br)cc3C2)C1. The third-order valence-electron chi connectivity index (χ3n) is 5.62. The van der Waals surface area contributed by atoms with E-state index in [4.69, 9.17) is 12.2 Å². The zero-order chi connectivity index (χ0) is 20.2. The second-order valence-corrected chi connectivity index (χ2v) is 8.50. The lowest BCUT2D eigenvalue weighted by Gasteiger charge is -2.43. The number of hydrogen-bond donors (Lipinski definition) is 1. The monoisotopic (exact) mass is 452 g/mol. The zero-order valence-electron chi connectivity index (χ0n) is 15.5. The van der Waals surface area contributed by atoms with E-state index in [0.717, 1.165) is 34.5 Å². The van der Waals surface area contributed by atoms with Crippen molar-refractivity contribution in [1.29, 1.82) is 0 Å². The van der Waals surface area contributed by atoms with Crippen molar-refractivity contribution in [3.05, 3.63) is 52.4 Å². The molecule has 1 atom stereocenters. The van der Waals surface area contributed by atoms with Crippen LogP contribution in [-0.2, 0) is 12.8 Å². The molecule has 0 radical (unpaired) electrons. The van der Waals surface area contributed by atoms with Gasteiger partial charge >= 0.3 is 0 Å². The summed E-state index contributed by atoms with van der Waals surface area (Å²) in [5.74, 6) is 4.07. The number of nitrogen functional groups attached to an aromatic ring is 1. The second kappa shape index (κ2) is 6.56. The molecule has 5 rings (SSSR count). The third kappa shape index (κ3) is 3.06. The first-order valence-corrected chi connectivity index (χ1v) is 10.1. The molecule has 3 aromatic rings. The molecule has 0 spiro atoms. The number of fused-ring (bicyclic) bond motifs is 1. The Morgan fingerprint density at radius 2 is 1.86 bits per heavy atom. The van der Waals surface area contributed by atoms with Crippen LogP contribution in [0.15, 0.2) is 41.3 Å². The van der Waals surface area contributed by atoms with E-state index in [0.29, 0.717) is 0 Å². The molecule has 1 aliphatic heterocycles. The normalized spacial score (nSPS) is 19.5. The quantitative estimate of drug-likeness (QED) is 0.617. The average Bonchev–Trinajstić information content (AvgIpc) is 3.29. The van der Waals surface area contributed by atoms with E-state index in [2.05, 4.69) is 59.6 Å². The number of anilines is 2. The zero-order valence-corrected chi connectivity index (χ0v) is 17.1. The fourth-order valence-electron chi connectivity index (χ4n) is 4.17. The van der Waals surface area contributed by atoms with E-state index in [1.807, 2.05) is 4.90 Å². The Kier molecular flexibility index (Phi) is 4.10. The first-order chi connectivity index (χ1) is 14.0. The largest absolute Gasteiger partial charge is 0.368 e. The van der Waals surface area contributed by atoms with Crippen molar-refractivity contribution in [1.82, 2.24) is 19.5 Å². The van der Waals surface area contributed by atoms with E-state index in [1.54, 1.807) is 18.6 Å². The molecule has 1 saturated heterocycles. The van der Waals surface area contributed by atoms with Crippen LogP contribution in [0.4, 0.5) is 16.2 Å². The molecule has 2 aromatic heterocycles. The first kappa shape index (κ1) is 18.1. The van der Waals surface area contributed by atoms with Crippen LogP contribution in [0.3, 0.4) is 0 Å². The number of aromatic nitrogens is 4. The number of hydrogen-bond acceptors (Lipinski definition) is 5.